The first-order valence-electron chi connectivity index (χ1n) is 3.15. The number of hydrogen-bond donors (Lipinski definition) is 1. The fourth-order valence-corrected chi connectivity index (χ4v) is 2.99. The molecule has 0 aliphatic rings. The number of thioether (sulfide) groups is 1. The van der Waals surface area contributed by atoms with Crippen molar-refractivity contribution in [3.8, 4) is 0 Å². The van der Waals surface area contributed by atoms with Crippen LogP contribution in [-0.4, -0.2) is 17.1 Å². The molecule has 11 heavy (non-hydrogen) atoms. The van der Waals surface area contributed by atoms with Crippen LogP contribution < -0.4 is 0 Å². The normalized spacial score (nSPS) is 13.4. The molecule has 1 rings (SSSR count). The molecule has 1 N–H and O–H groups in total. The van der Waals surface area contributed by atoms with Crippen LogP contribution in [0.3, 0.4) is 0 Å². The summed E-state index contributed by atoms with van der Waals surface area (Å²) in [6.07, 6.45) is 1.67. The van der Waals surface area contributed by atoms with E-state index in [1.165, 1.54) is 0 Å². The Kier molecular flexibility index (Phi) is 3.92. The summed E-state index contributed by atoms with van der Waals surface area (Å²) in [5, 5.41) is 11.5. The van der Waals surface area contributed by atoms with E-state index in [0.717, 1.165) is 15.1 Å². The molecular formula is C7H9BrOS2. The highest BCUT2D eigenvalue weighted by Crippen LogP contribution is 2.30. The molecule has 1 aromatic heterocycles. The molecule has 0 saturated carbocycles. The Hall–Kier alpha value is 0.490. The van der Waals surface area contributed by atoms with Gasteiger partial charge in [-0.3, -0.25) is 0 Å². The lowest BCUT2D eigenvalue weighted by molar-refractivity contribution is 0.207. The first kappa shape index (κ1) is 9.58. The molecule has 0 amide bonds. The summed E-state index contributed by atoms with van der Waals surface area (Å²) >= 11 is 6.62. The van der Waals surface area contributed by atoms with E-state index < -0.39 is 0 Å². The third kappa shape index (κ3) is 2.47. The van der Waals surface area contributed by atoms with Crippen LogP contribution in [-0.2, 0) is 0 Å². The summed E-state index contributed by atoms with van der Waals surface area (Å²) in [4.78, 5) is 1.03. The smallest absolute Gasteiger partial charge is 0.0983 e. The fraction of sp³-hybridized carbons (Fsp3) is 0.429. The summed E-state index contributed by atoms with van der Waals surface area (Å²) in [5.41, 5.74) is 0. The molecule has 0 aromatic carbocycles. The second-order valence-electron chi connectivity index (χ2n) is 2.10. The van der Waals surface area contributed by atoms with Gasteiger partial charge < -0.3 is 5.11 Å². The van der Waals surface area contributed by atoms with Crippen molar-refractivity contribution in [2.24, 2.45) is 0 Å². The number of aliphatic hydroxyl groups is 1. The van der Waals surface area contributed by atoms with E-state index in [1.807, 2.05) is 17.7 Å². The van der Waals surface area contributed by atoms with E-state index in [0.29, 0.717) is 0 Å². The van der Waals surface area contributed by atoms with E-state index in [4.69, 9.17) is 0 Å². The molecule has 1 atom stereocenters. The van der Waals surface area contributed by atoms with Gasteiger partial charge in [0.2, 0.25) is 0 Å². The molecule has 1 aromatic rings. The van der Waals surface area contributed by atoms with Crippen LogP contribution in [0.15, 0.2) is 15.9 Å². The minimum absolute atomic E-state index is 0.320. The van der Waals surface area contributed by atoms with Crippen LogP contribution in [0.4, 0.5) is 0 Å². The van der Waals surface area contributed by atoms with Crippen molar-refractivity contribution in [2.45, 2.75) is 6.10 Å². The number of rotatable bonds is 3. The average molecular weight is 253 g/mol. The van der Waals surface area contributed by atoms with Crippen molar-refractivity contribution >= 4 is 39.0 Å². The monoisotopic (exact) mass is 252 g/mol. The Morgan fingerprint density at radius 3 is 3.00 bits per heavy atom. The zero-order valence-electron chi connectivity index (χ0n) is 6.08. The summed E-state index contributed by atoms with van der Waals surface area (Å²) in [7, 11) is 0. The minimum Gasteiger partial charge on any atom is -0.387 e. The Bertz CT molecular complexity index is 224. The second kappa shape index (κ2) is 4.50. The molecule has 0 radical (unpaired) electrons. The van der Waals surface area contributed by atoms with Gasteiger partial charge in [-0.2, -0.15) is 11.8 Å². The zero-order chi connectivity index (χ0) is 8.27. The molecule has 1 unspecified atom stereocenters. The van der Waals surface area contributed by atoms with Gasteiger partial charge in [-0.25, -0.2) is 0 Å². The van der Waals surface area contributed by atoms with Gasteiger partial charge >= 0.3 is 0 Å². The molecule has 0 aliphatic heterocycles. The Morgan fingerprint density at radius 1 is 1.82 bits per heavy atom. The lowest BCUT2D eigenvalue weighted by Gasteiger charge is -2.06. The average Bonchev–Trinajstić information content (AvgIpc) is 2.36. The maximum Gasteiger partial charge on any atom is 0.0983 e. The summed E-state index contributed by atoms with van der Waals surface area (Å²) < 4.78 is 1.02. The molecule has 0 aliphatic carbocycles. The van der Waals surface area contributed by atoms with Crippen molar-refractivity contribution in [1.82, 2.24) is 0 Å². The van der Waals surface area contributed by atoms with Gasteiger partial charge in [0.1, 0.15) is 0 Å². The lowest BCUT2D eigenvalue weighted by atomic mass is 10.3. The number of aliphatic hydroxyl groups excluding tert-OH is 1. The van der Waals surface area contributed by atoms with Crippen LogP contribution in [0.2, 0.25) is 0 Å². The predicted octanol–water partition coefficient (Wildman–Crippen LogP) is 2.91. The third-order valence-electron chi connectivity index (χ3n) is 1.27. The van der Waals surface area contributed by atoms with E-state index in [9.17, 15) is 5.11 Å². The first-order chi connectivity index (χ1) is 5.25. The third-order valence-corrected chi connectivity index (χ3v) is 3.89. The topological polar surface area (TPSA) is 20.2 Å². The van der Waals surface area contributed by atoms with Gasteiger partial charge in [-0.1, -0.05) is 0 Å². The van der Waals surface area contributed by atoms with E-state index in [2.05, 4.69) is 15.9 Å². The zero-order valence-corrected chi connectivity index (χ0v) is 9.30. The lowest BCUT2D eigenvalue weighted by Crippen LogP contribution is -1.97. The number of hydrogen-bond acceptors (Lipinski definition) is 3. The maximum atomic E-state index is 9.55. The standard InChI is InChI=1S/C7H9BrOS2/c1-10-4-6(9)7-5(8)2-3-11-7/h2-3,6,9H,4H2,1H3. The minimum atomic E-state index is -0.320. The van der Waals surface area contributed by atoms with Crippen LogP contribution in [0.5, 0.6) is 0 Å². The van der Waals surface area contributed by atoms with Crippen molar-refractivity contribution in [1.29, 1.82) is 0 Å². The predicted molar refractivity (Wildman–Crippen MR) is 55.4 cm³/mol. The highest BCUT2D eigenvalue weighted by molar-refractivity contribution is 9.10. The molecule has 62 valence electrons. The maximum absolute atomic E-state index is 9.55. The van der Waals surface area contributed by atoms with Gasteiger partial charge in [0, 0.05) is 15.1 Å². The van der Waals surface area contributed by atoms with E-state index >= 15 is 0 Å². The first-order valence-corrected chi connectivity index (χ1v) is 6.22. The molecule has 0 spiro atoms. The van der Waals surface area contributed by atoms with Crippen molar-refractivity contribution in [2.75, 3.05) is 12.0 Å². The quantitative estimate of drug-likeness (QED) is 0.893. The second-order valence-corrected chi connectivity index (χ2v) is 4.82. The highest BCUT2D eigenvalue weighted by atomic mass is 79.9. The van der Waals surface area contributed by atoms with Crippen LogP contribution in [0.1, 0.15) is 11.0 Å². The van der Waals surface area contributed by atoms with Crippen molar-refractivity contribution < 1.29 is 5.11 Å². The molecule has 1 nitrogen and oxygen atoms in total. The summed E-state index contributed by atoms with van der Waals surface area (Å²) in [5.74, 6) is 0.763. The SMILES string of the molecule is CSCC(O)c1sccc1Br. The summed E-state index contributed by atoms with van der Waals surface area (Å²) in [6, 6.07) is 1.96. The Morgan fingerprint density at radius 2 is 2.55 bits per heavy atom. The van der Waals surface area contributed by atoms with Gasteiger partial charge in [-0.15, -0.1) is 11.3 Å². The molecule has 1 heterocycles. The number of thiophene rings is 1. The van der Waals surface area contributed by atoms with Gasteiger partial charge in [0.25, 0.3) is 0 Å². The van der Waals surface area contributed by atoms with E-state index in [1.54, 1.807) is 23.1 Å². The Balaban J connectivity index is 2.67. The highest BCUT2D eigenvalue weighted by Gasteiger charge is 2.11. The molecule has 4 heteroatoms. The molecular weight excluding hydrogens is 244 g/mol. The Labute approximate surface area is 83.0 Å². The van der Waals surface area contributed by atoms with Crippen LogP contribution in [0.25, 0.3) is 0 Å². The van der Waals surface area contributed by atoms with Gasteiger partial charge in [-0.05, 0) is 33.6 Å². The van der Waals surface area contributed by atoms with Crippen LogP contribution >= 0.6 is 39.0 Å². The van der Waals surface area contributed by atoms with Gasteiger partial charge in [0.05, 0.1) is 6.10 Å². The van der Waals surface area contributed by atoms with Gasteiger partial charge in [0.15, 0.2) is 0 Å². The summed E-state index contributed by atoms with van der Waals surface area (Å²) in [6.45, 7) is 0. The fourth-order valence-electron chi connectivity index (χ4n) is 0.777. The largest absolute Gasteiger partial charge is 0.387 e. The van der Waals surface area contributed by atoms with Crippen molar-refractivity contribution in [3.05, 3.63) is 20.8 Å². The number of halogens is 1. The molecule has 0 saturated heterocycles. The van der Waals surface area contributed by atoms with Crippen LogP contribution in [0, 0.1) is 0 Å². The molecule has 0 fully saturated rings. The van der Waals surface area contributed by atoms with Crippen molar-refractivity contribution in [3.63, 3.8) is 0 Å². The van der Waals surface area contributed by atoms with E-state index in [-0.39, 0.29) is 6.10 Å². The molecule has 0 bridgehead atoms.